The van der Waals surface area contributed by atoms with Crippen LogP contribution in [0, 0.1) is 5.92 Å². The molecule has 2 atom stereocenters. The van der Waals surface area contributed by atoms with Gasteiger partial charge in [0.25, 0.3) is 0 Å². The number of carbonyl (C=O) groups is 1. The van der Waals surface area contributed by atoms with Gasteiger partial charge in [0.2, 0.25) is 0 Å². The van der Waals surface area contributed by atoms with Crippen molar-refractivity contribution in [2.45, 2.75) is 45.1 Å². The molecule has 0 spiro atoms. The third kappa shape index (κ3) is 2.97. The van der Waals surface area contributed by atoms with E-state index < -0.39 is 5.97 Å². The van der Waals surface area contributed by atoms with Gasteiger partial charge in [0.1, 0.15) is 12.1 Å². The standard InChI is InChI=1S/C13H19N3O2/c1-8(2)11-6-12(15-7-14-11)16-10-4-3-9(5-10)13(17)18/h6-10H,3-5H2,1-2H3,(H,17,18)(H,14,15,16)/t9-,10+/m1/s1. The lowest BCUT2D eigenvalue weighted by atomic mass is 10.1. The Balaban J connectivity index is 1.98. The van der Waals surface area contributed by atoms with Crippen molar-refractivity contribution in [2.24, 2.45) is 5.92 Å². The molecule has 1 aliphatic carbocycles. The van der Waals surface area contributed by atoms with E-state index >= 15 is 0 Å². The molecule has 18 heavy (non-hydrogen) atoms. The SMILES string of the molecule is CC(C)c1cc(N[C@H]2CC[C@@H](C(=O)O)C2)ncn1. The molecular weight excluding hydrogens is 230 g/mol. The molecule has 0 saturated heterocycles. The zero-order valence-corrected chi connectivity index (χ0v) is 10.8. The van der Waals surface area contributed by atoms with E-state index in [1.165, 1.54) is 0 Å². The maximum Gasteiger partial charge on any atom is 0.306 e. The highest BCUT2D eigenvalue weighted by Crippen LogP contribution is 2.28. The van der Waals surface area contributed by atoms with Gasteiger partial charge in [-0.3, -0.25) is 4.79 Å². The molecule has 5 nitrogen and oxygen atoms in total. The van der Waals surface area contributed by atoms with E-state index in [1.807, 2.05) is 6.07 Å². The first kappa shape index (κ1) is 12.8. The van der Waals surface area contributed by atoms with Gasteiger partial charge in [-0.05, 0) is 25.2 Å². The van der Waals surface area contributed by atoms with Crippen LogP contribution in [0.1, 0.15) is 44.7 Å². The smallest absolute Gasteiger partial charge is 0.306 e. The van der Waals surface area contributed by atoms with Crippen molar-refractivity contribution in [3.05, 3.63) is 18.1 Å². The van der Waals surface area contributed by atoms with Gasteiger partial charge in [-0.15, -0.1) is 0 Å². The lowest BCUT2D eigenvalue weighted by molar-refractivity contribution is -0.141. The maximum absolute atomic E-state index is 10.9. The minimum atomic E-state index is -0.690. The van der Waals surface area contributed by atoms with Crippen LogP contribution in [0.2, 0.25) is 0 Å². The minimum Gasteiger partial charge on any atom is -0.481 e. The van der Waals surface area contributed by atoms with Gasteiger partial charge >= 0.3 is 5.97 Å². The number of hydrogen-bond acceptors (Lipinski definition) is 4. The number of carboxylic acid groups (broad SMARTS) is 1. The first-order chi connectivity index (χ1) is 8.56. The van der Waals surface area contributed by atoms with E-state index in [0.29, 0.717) is 12.3 Å². The summed E-state index contributed by atoms with van der Waals surface area (Å²) >= 11 is 0. The minimum absolute atomic E-state index is 0.209. The van der Waals surface area contributed by atoms with Crippen molar-refractivity contribution in [1.82, 2.24) is 9.97 Å². The highest BCUT2D eigenvalue weighted by Gasteiger charge is 2.29. The Labute approximate surface area is 107 Å². The molecule has 1 saturated carbocycles. The van der Waals surface area contributed by atoms with Crippen LogP contribution in [0.25, 0.3) is 0 Å². The van der Waals surface area contributed by atoms with E-state index in [0.717, 1.165) is 24.4 Å². The van der Waals surface area contributed by atoms with Crippen molar-refractivity contribution >= 4 is 11.8 Å². The Hall–Kier alpha value is -1.65. The lowest BCUT2D eigenvalue weighted by Crippen LogP contribution is -2.18. The molecule has 0 aromatic carbocycles. The maximum atomic E-state index is 10.9. The first-order valence-corrected chi connectivity index (χ1v) is 6.37. The third-order valence-corrected chi connectivity index (χ3v) is 3.41. The third-order valence-electron chi connectivity index (χ3n) is 3.41. The first-order valence-electron chi connectivity index (χ1n) is 6.37. The van der Waals surface area contributed by atoms with Crippen LogP contribution < -0.4 is 5.32 Å². The van der Waals surface area contributed by atoms with Crippen LogP contribution in [0.3, 0.4) is 0 Å². The summed E-state index contributed by atoms with van der Waals surface area (Å²) in [6.45, 7) is 4.17. The highest BCUT2D eigenvalue weighted by molar-refractivity contribution is 5.70. The Morgan fingerprint density at radius 2 is 2.22 bits per heavy atom. The normalized spacial score (nSPS) is 23.3. The molecule has 1 heterocycles. The largest absolute Gasteiger partial charge is 0.481 e. The monoisotopic (exact) mass is 249 g/mol. The fourth-order valence-corrected chi connectivity index (χ4v) is 2.31. The second-order valence-electron chi connectivity index (χ2n) is 5.17. The van der Waals surface area contributed by atoms with Crippen molar-refractivity contribution in [2.75, 3.05) is 5.32 Å². The highest BCUT2D eigenvalue weighted by atomic mass is 16.4. The fraction of sp³-hybridized carbons (Fsp3) is 0.615. The van der Waals surface area contributed by atoms with Crippen LogP contribution in [0.15, 0.2) is 12.4 Å². The van der Waals surface area contributed by atoms with Crippen molar-refractivity contribution in [3.8, 4) is 0 Å². The average molecular weight is 249 g/mol. The van der Waals surface area contributed by atoms with E-state index in [4.69, 9.17) is 5.11 Å². The Morgan fingerprint density at radius 3 is 2.83 bits per heavy atom. The molecule has 0 unspecified atom stereocenters. The van der Waals surface area contributed by atoms with Crippen LogP contribution >= 0.6 is 0 Å². The number of nitrogens with zero attached hydrogens (tertiary/aromatic N) is 2. The molecule has 98 valence electrons. The molecule has 1 aromatic rings. The molecule has 0 radical (unpaired) electrons. The predicted octanol–water partition coefficient (Wildman–Crippen LogP) is 2.27. The molecule has 1 aromatic heterocycles. The summed E-state index contributed by atoms with van der Waals surface area (Å²) in [7, 11) is 0. The summed E-state index contributed by atoms with van der Waals surface area (Å²) in [4.78, 5) is 19.3. The molecule has 1 aliphatic rings. The van der Waals surface area contributed by atoms with Gasteiger partial charge in [-0.2, -0.15) is 0 Å². The van der Waals surface area contributed by atoms with Crippen LogP contribution in [0.4, 0.5) is 5.82 Å². The van der Waals surface area contributed by atoms with Crippen molar-refractivity contribution in [3.63, 3.8) is 0 Å². The molecule has 0 amide bonds. The Bertz CT molecular complexity index is 434. The summed E-state index contributed by atoms with van der Waals surface area (Å²) in [6.07, 6.45) is 3.87. The van der Waals surface area contributed by atoms with E-state index in [-0.39, 0.29) is 12.0 Å². The zero-order valence-electron chi connectivity index (χ0n) is 10.8. The zero-order chi connectivity index (χ0) is 13.1. The van der Waals surface area contributed by atoms with Crippen LogP contribution in [0.5, 0.6) is 0 Å². The average Bonchev–Trinajstić information content (AvgIpc) is 2.78. The topological polar surface area (TPSA) is 75.1 Å². The lowest BCUT2D eigenvalue weighted by Gasteiger charge is -2.14. The number of aliphatic carboxylic acids is 1. The van der Waals surface area contributed by atoms with Crippen LogP contribution in [-0.4, -0.2) is 27.1 Å². The molecule has 5 heteroatoms. The molecule has 0 bridgehead atoms. The van der Waals surface area contributed by atoms with Crippen molar-refractivity contribution < 1.29 is 9.90 Å². The van der Waals surface area contributed by atoms with Gasteiger partial charge in [0.05, 0.1) is 5.92 Å². The van der Waals surface area contributed by atoms with E-state index in [9.17, 15) is 4.79 Å². The van der Waals surface area contributed by atoms with Gasteiger partial charge in [-0.1, -0.05) is 13.8 Å². The summed E-state index contributed by atoms with van der Waals surface area (Å²) in [5.41, 5.74) is 1.00. The van der Waals surface area contributed by atoms with Gasteiger partial charge in [-0.25, -0.2) is 9.97 Å². The number of rotatable bonds is 4. The van der Waals surface area contributed by atoms with E-state index in [2.05, 4.69) is 29.1 Å². The fourth-order valence-electron chi connectivity index (χ4n) is 2.31. The number of anilines is 1. The number of carboxylic acids is 1. The second kappa shape index (κ2) is 5.33. The second-order valence-corrected chi connectivity index (χ2v) is 5.17. The number of hydrogen-bond donors (Lipinski definition) is 2. The van der Waals surface area contributed by atoms with Gasteiger partial charge in [0.15, 0.2) is 0 Å². The summed E-state index contributed by atoms with van der Waals surface area (Å²) in [5.74, 6) is 0.257. The summed E-state index contributed by atoms with van der Waals surface area (Å²) < 4.78 is 0. The molecule has 2 rings (SSSR count). The van der Waals surface area contributed by atoms with Crippen molar-refractivity contribution in [1.29, 1.82) is 0 Å². The number of nitrogens with one attached hydrogen (secondary N) is 1. The van der Waals surface area contributed by atoms with Crippen LogP contribution in [-0.2, 0) is 4.79 Å². The summed E-state index contributed by atoms with van der Waals surface area (Å²) in [6, 6.07) is 2.15. The predicted molar refractivity (Wildman–Crippen MR) is 68.5 cm³/mol. The van der Waals surface area contributed by atoms with E-state index in [1.54, 1.807) is 6.33 Å². The molecule has 2 N–H and O–H groups in total. The molecule has 0 aliphatic heterocycles. The molecular formula is C13H19N3O2. The van der Waals surface area contributed by atoms with Gasteiger partial charge < -0.3 is 10.4 Å². The summed E-state index contributed by atoms with van der Waals surface area (Å²) in [5, 5.41) is 12.3. The number of aromatic nitrogens is 2. The Kier molecular flexibility index (Phi) is 3.79. The van der Waals surface area contributed by atoms with Gasteiger partial charge in [0, 0.05) is 17.8 Å². The molecule has 1 fully saturated rings. The Morgan fingerprint density at radius 1 is 1.44 bits per heavy atom. The quantitative estimate of drug-likeness (QED) is 0.856.